The molecule has 0 bridgehead atoms. The van der Waals surface area contributed by atoms with Crippen LogP contribution in [0.1, 0.15) is 78.1 Å². The highest BCUT2D eigenvalue weighted by molar-refractivity contribution is 8.06. The van der Waals surface area contributed by atoms with Gasteiger partial charge in [-0.25, -0.2) is 0 Å². The second kappa shape index (κ2) is 15.2. The van der Waals surface area contributed by atoms with Crippen molar-refractivity contribution in [3.63, 3.8) is 0 Å². The molecular weight excluding hydrogens is 390 g/mol. The van der Waals surface area contributed by atoms with E-state index in [9.17, 15) is 0 Å². The first-order valence-corrected chi connectivity index (χ1v) is 13.7. The third-order valence-corrected chi connectivity index (χ3v) is 3.79. The summed E-state index contributed by atoms with van der Waals surface area (Å²) in [5.41, 5.74) is 0. The second-order valence-corrected chi connectivity index (χ2v) is 11.5. The quantitative estimate of drug-likeness (QED) is 0.327. The molecule has 0 aromatic rings. The average Bonchev–Trinajstić information content (AvgIpc) is 2.37. The molecule has 0 unspecified atom stereocenters. The Morgan fingerprint density at radius 2 is 0.708 bits per heavy atom. The Hall–Kier alpha value is 1.06. The molecule has 0 spiro atoms. The van der Waals surface area contributed by atoms with E-state index >= 15 is 0 Å². The molecule has 0 aromatic heterocycles. The van der Waals surface area contributed by atoms with Crippen molar-refractivity contribution in [2.45, 2.75) is 78.1 Å². The van der Waals surface area contributed by atoms with Crippen molar-refractivity contribution in [3.8, 4) is 0 Å². The van der Waals surface area contributed by atoms with E-state index in [0.29, 0.717) is 0 Å². The maximum absolute atomic E-state index is 7.56. The van der Waals surface area contributed by atoms with Crippen LogP contribution in [0.5, 0.6) is 0 Å². The molecule has 148 valence electrons. The first kappa shape index (κ1) is 27.3. The third-order valence-electron chi connectivity index (χ3n) is 3.79. The van der Waals surface area contributed by atoms with Gasteiger partial charge >= 0.3 is 13.4 Å². The number of hydrogen-bond acceptors (Lipinski definition) is 2. The molecule has 0 amide bonds. The Kier molecular flexibility index (Phi) is 17.2. The summed E-state index contributed by atoms with van der Waals surface area (Å²) >= 11 is 7.21. The van der Waals surface area contributed by atoms with Crippen LogP contribution in [0.15, 0.2) is 0 Å². The van der Waals surface area contributed by atoms with Crippen molar-refractivity contribution >= 4 is 37.1 Å². The number of hydrogen-bond donors (Lipinski definition) is 6. The van der Waals surface area contributed by atoms with Crippen LogP contribution in [-0.2, 0) is 23.6 Å². The van der Waals surface area contributed by atoms with Gasteiger partial charge in [-0.3, -0.25) is 0 Å². The van der Waals surface area contributed by atoms with Crippen molar-refractivity contribution in [3.05, 3.63) is 0 Å². The van der Waals surface area contributed by atoms with Gasteiger partial charge in [-0.2, -0.15) is 0 Å². The summed E-state index contributed by atoms with van der Waals surface area (Å²) in [6.07, 6.45) is 14.9. The fourth-order valence-corrected chi connectivity index (χ4v) is 2.61. The molecule has 24 heavy (non-hydrogen) atoms. The maximum atomic E-state index is 7.56. The topological polar surface area (TPSA) is 121 Å². The summed E-state index contributed by atoms with van der Waals surface area (Å²) in [5, 5.41) is 0. The Morgan fingerprint density at radius 1 is 0.542 bits per heavy atom. The molecule has 2 rings (SSSR count). The Morgan fingerprint density at radius 3 is 0.792 bits per heavy atom. The molecule has 6 nitrogen and oxygen atoms in total. The van der Waals surface area contributed by atoms with E-state index in [2.05, 4.69) is 37.5 Å². The average molecular weight is 425 g/mol. The van der Waals surface area contributed by atoms with Gasteiger partial charge in [0, 0.05) is 0 Å². The van der Waals surface area contributed by atoms with Gasteiger partial charge in [-0.15, -0.1) is 0 Å². The molecule has 10 heteroatoms. The summed E-state index contributed by atoms with van der Waals surface area (Å²) in [6.45, 7) is -2.89. The third kappa shape index (κ3) is 38.6. The Labute approximate surface area is 156 Å². The molecule has 0 heterocycles. The van der Waals surface area contributed by atoms with Gasteiger partial charge in [-0.05, 0) is 35.4 Å². The van der Waals surface area contributed by atoms with Crippen LogP contribution in [0.2, 0.25) is 0 Å². The van der Waals surface area contributed by atoms with Gasteiger partial charge < -0.3 is 29.4 Å². The zero-order valence-electron chi connectivity index (χ0n) is 14.6. The molecule has 2 saturated carbocycles. The molecular formula is C14H34O6P2S2. The van der Waals surface area contributed by atoms with Gasteiger partial charge in [0.1, 0.15) is 0 Å². The van der Waals surface area contributed by atoms with E-state index in [1.54, 1.807) is 0 Å². The van der Waals surface area contributed by atoms with Crippen LogP contribution < -0.4 is 0 Å². The fraction of sp³-hybridized carbons (Fsp3) is 1.00. The first-order chi connectivity index (χ1) is 10.8. The Bertz CT molecular complexity index is 321. The molecule has 2 fully saturated rings. The van der Waals surface area contributed by atoms with Crippen molar-refractivity contribution in [2.24, 2.45) is 11.8 Å². The second-order valence-electron chi connectivity index (χ2n) is 6.51. The van der Waals surface area contributed by atoms with Crippen LogP contribution in [0.25, 0.3) is 0 Å². The summed E-state index contributed by atoms with van der Waals surface area (Å²) in [7, 11) is 0. The fourth-order valence-electron chi connectivity index (χ4n) is 2.61. The van der Waals surface area contributed by atoms with E-state index in [-0.39, 0.29) is 0 Å². The van der Waals surface area contributed by atoms with Crippen LogP contribution in [0.4, 0.5) is 0 Å². The predicted molar refractivity (Wildman–Crippen MR) is 106 cm³/mol. The van der Waals surface area contributed by atoms with Gasteiger partial charge in [0.05, 0.1) is 0 Å². The molecule has 0 saturated heterocycles. The maximum Gasteiger partial charge on any atom is 0.319 e. The zero-order chi connectivity index (χ0) is 19.2. The summed E-state index contributed by atoms with van der Waals surface area (Å²) < 4.78 is 0. The lowest BCUT2D eigenvalue weighted by Gasteiger charge is -2.15. The predicted octanol–water partition coefficient (Wildman–Crippen LogP) is 3.55. The van der Waals surface area contributed by atoms with E-state index in [4.69, 9.17) is 29.4 Å². The van der Waals surface area contributed by atoms with Gasteiger partial charge in [-0.1, -0.05) is 78.1 Å². The molecule has 0 atom stereocenters. The summed E-state index contributed by atoms with van der Waals surface area (Å²) in [5.74, 6) is 2.07. The summed E-state index contributed by atoms with van der Waals surface area (Å²) in [6, 6.07) is 0. The van der Waals surface area contributed by atoms with Gasteiger partial charge in [0.15, 0.2) is 0 Å². The van der Waals surface area contributed by atoms with Crippen LogP contribution >= 0.6 is 13.4 Å². The van der Waals surface area contributed by atoms with Crippen molar-refractivity contribution < 1.29 is 29.4 Å². The Balaban J connectivity index is 0. The SMILES string of the molecule is CC1CCCCC1.CC1CCCCC1.OP(O)(O)=S.OP(O)(O)=S. The van der Waals surface area contributed by atoms with Crippen molar-refractivity contribution in [2.75, 3.05) is 0 Å². The summed E-state index contributed by atoms with van der Waals surface area (Å²) in [4.78, 5) is 45.3. The smallest absolute Gasteiger partial charge is 0.319 e. The minimum Gasteiger partial charge on any atom is -0.325 e. The molecule has 0 radical (unpaired) electrons. The first-order valence-electron chi connectivity index (χ1n) is 8.35. The van der Waals surface area contributed by atoms with E-state index < -0.39 is 13.4 Å². The molecule has 2 aliphatic carbocycles. The van der Waals surface area contributed by atoms with E-state index in [1.165, 1.54) is 64.2 Å². The monoisotopic (exact) mass is 424 g/mol. The zero-order valence-corrected chi connectivity index (χ0v) is 18.0. The van der Waals surface area contributed by atoms with E-state index in [0.717, 1.165) is 11.8 Å². The highest BCUT2D eigenvalue weighted by Gasteiger charge is 2.06. The highest BCUT2D eigenvalue weighted by atomic mass is 32.5. The molecule has 0 aromatic carbocycles. The van der Waals surface area contributed by atoms with Crippen molar-refractivity contribution in [1.29, 1.82) is 0 Å². The minimum atomic E-state index is -3.81. The van der Waals surface area contributed by atoms with Gasteiger partial charge in [0.25, 0.3) is 0 Å². The normalized spacial score (nSPS) is 19.7. The molecule has 6 N–H and O–H groups in total. The highest BCUT2D eigenvalue weighted by Crippen LogP contribution is 2.27. The van der Waals surface area contributed by atoms with Gasteiger partial charge in [0.2, 0.25) is 0 Å². The number of rotatable bonds is 0. The largest absolute Gasteiger partial charge is 0.325 e. The minimum absolute atomic E-state index is 1.04. The van der Waals surface area contributed by atoms with Crippen LogP contribution in [-0.4, -0.2) is 29.4 Å². The lowest BCUT2D eigenvalue weighted by molar-refractivity contribution is 0.361. The lowest BCUT2D eigenvalue weighted by Crippen LogP contribution is -1.99. The molecule has 2 aliphatic rings. The van der Waals surface area contributed by atoms with Crippen LogP contribution in [0, 0.1) is 11.8 Å². The standard InChI is InChI=1S/2C7H14.2H3O3PS/c2*1-7-5-3-2-4-6-7;2*1-4(2,3)5/h2*7H,2-6H2,1H3;2*(H3,1,2,3,5). The lowest BCUT2D eigenvalue weighted by atomic mass is 9.91. The van der Waals surface area contributed by atoms with Crippen molar-refractivity contribution in [1.82, 2.24) is 0 Å². The van der Waals surface area contributed by atoms with E-state index in [1.807, 2.05) is 0 Å². The van der Waals surface area contributed by atoms with Crippen LogP contribution in [0.3, 0.4) is 0 Å². The molecule has 0 aliphatic heterocycles.